The number of nitrogens with one attached hydrogen (secondary N) is 2. The van der Waals surface area contributed by atoms with Crippen LogP contribution in [0.5, 0.6) is 0 Å². The number of anilines is 3. The third-order valence-electron chi connectivity index (χ3n) is 3.25. The number of nitrogens with zero attached hydrogens (tertiary/aromatic N) is 1. The van der Waals surface area contributed by atoms with Crippen LogP contribution in [0.25, 0.3) is 10.9 Å². The van der Waals surface area contributed by atoms with Gasteiger partial charge >= 0.3 is 0 Å². The number of amides is 1. The number of fused-ring (bicyclic) bond motifs is 1. The van der Waals surface area contributed by atoms with Crippen LogP contribution in [0.15, 0.2) is 48.7 Å². The fourth-order valence-electron chi connectivity index (χ4n) is 2.28. The molecule has 1 heterocycles. The molecule has 3 rings (SSSR count). The van der Waals surface area contributed by atoms with Crippen LogP contribution in [0.4, 0.5) is 25.8 Å². The van der Waals surface area contributed by atoms with Gasteiger partial charge in [-0.05, 0) is 36.4 Å². The van der Waals surface area contributed by atoms with E-state index < -0.39 is 11.6 Å². The molecule has 116 valence electrons. The number of halogens is 2. The Morgan fingerprint density at radius 3 is 2.43 bits per heavy atom. The molecule has 0 atom stereocenters. The van der Waals surface area contributed by atoms with E-state index in [2.05, 4.69) is 15.6 Å². The summed E-state index contributed by atoms with van der Waals surface area (Å²) in [5, 5.41) is 6.12. The third-order valence-corrected chi connectivity index (χ3v) is 3.25. The average Bonchev–Trinajstić information content (AvgIpc) is 2.49. The molecular weight excluding hydrogens is 300 g/mol. The summed E-state index contributed by atoms with van der Waals surface area (Å²) in [6.07, 6.45) is 1.46. The van der Waals surface area contributed by atoms with Crippen LogP contribution in [-0.2, 0) is 4.79 Å². The van der Waals surface area contributed by atoms with E-state index in [9.17, 15) is 13.6 Å². The van der Waals surface area contributed by atoms with Gasteiger partial charge in [0, 0.05) is 41.6 Å². The van der Waals surface area contributed by atoms with Crippen LogP contribution in [0, 0.1) is 11.6 Å². The van der Waals surface area contributed by atoms with Crippen molar-refractivity contribution < 1.29 is 13.6 Å². The van der Waals surface area contributed by atoms with Crippen molar-refractivity contribution in [1.29, 1.82) is 0 Å². The second-order valence-corrected chi connectivity index (χ2v) is 5.03. The van der Waals surface area contributed by atoms with Crippen molar-refractivity contribution in [3.63, 3.8) is 0 Å². The minimum absolute atomic E-state index is 0.103. The van der Waals surface area contributed by atoms with Crippen molar-refractivity contribution in [3.8, 4) is 0 Å². The first-order valence-electron chi connectivity index (χ1n) is 6.91. The lowest BCUT2D eigenvalue weighted by molar-refractivity contribution is -0.114. The van der Waals surface area contributed by atoms with Crippen molar-refractivity contribution in [3.05, 3.63) is 60.3 Å². The van der Waals surface area contributed by atoms with Crippen molar-refractivity contribution in [2.45, 2.75) is 6.92 Å². The van der Waals surface area contributed by atoms with Crippen LogP contribution in [0.1, 0.15) is 6.92 Å². The third kappa shape index (κ3) is 3.26. The van der Waals surface area contributed by atoms with Crippen LogP contribution in [0.2, 0.25) is 0 Å². The Morgan fingerprint density at radius 2 is 1.74 bits per heavy atom. The van der Waals surface area contributed by atoms with E-state index in [0.717, 1.165) is 11.8 Å². The van der Waals surface area contributed by atoms with E-state index >= 15 is 0 Å². The summed E-state index contributed by atoms with van der Waals surface area (Å²) in [5.74, 6) is -1.52. The molecule has 1 aromatic heterocycles. The van der Waals surface area contributed by atoms with Gasteiger partial charge in [-0.25, -0.2) is 8.78 Å². The van der Waals surface area contributed by atoms with E-state index in [-0.39, 0.29) is 11.4 Å². The molecule has 0 saturated heterocycles. The van der Waals surface area contributed by atoms with Gasteiger partial charge < -0.3 is 10.6 Å². The van der Waals surface area contributed by atoms with Crippen LogP contribution in [-0.4, -0.2) is 10.9 Å². The zero-order valence-electron chi connectivity index (χ0n) is 12.2. The van der Waals surface area contributed by atoms with Crippen LogP contribution in [0.3, 0.4) is 0 Å². The Hall–Kier alpha value is -3.02. The Labute approximate surface area is 131 Å². The molecule has 1 amide bonds. The average molecular weight is 313 g/mol. The smallest absolute Gasteiger partial charge is 0.221 e. The summed E-state index contributed by atoms with van der Waals surface area (Å²) < 4.78 is 27.2. The molecule has 0 aliphatic rings. The lowest BCUT2D eigenvalue weighted by Gasteiger charge is -2.11. The number of aromatic nitrogens is 1. The SMILES string of the molecule is CC(=O)Nc1ccc(Nc2ccnc3c(F)cc(F)cc23)cc1. The molecule has 2 aromatic carbocycles. The summed E-state index contributed by atoms with van der Waals surface area (Å²) in [6, 6.07) is 10.7. The van der Waals surface area contributed by atoms with E-state index in [4.69, 9.17) is 0 Å². The standard InChI is InChI=1S/C17H13F2N3O/c1-10(23)21-12-2-4-13(5-3-12)22-16-6-7-20-17-14(16)8-11(18)9-15(17)19/h2-9H,1H3,(H,20,22)(H,21,23). The zero-order chi connectivity index (χ0) is 16.4. The molecule has 0 fully saturated rings. The maximum Gasteiger partial charge on any atom is 0.221 e. The zero-order valence-corrected chi connectivity index (χ0v) is 12.2. The summed E-state index contributed by atoms with van der Waals surface area (Å²) in [4.78, 5) is 14.9. The van der Waals surface area contributed by atoms with Crippen molar-refractivity contribution >= 4 is 33.9 Å². The van der Waals surface area contributed by atoms with Gasteiger partial charge in [-0.1, -0.05) is 0 Å². The fraction of sp³-hybridized carbons (Fsp3) is 0.0588. The maximum absolute atomic E-state index is 13.8. The maximum atomic E-state index is 13.8. The molecular formula is C17H13F2N3O. The first-order chi connectivity index (χ1) is 11.0. The molecule has 3 aromatic rings. The lowest BCUT2D eigenvalue weighted by atomic mass is 10.1. The predicted octanol–water partition coefficient (Wildman–Crippen LogP) is 4.22. The Kier molecular flexibility index (Phi) is 3.89. The molecule has 0 unspecified atom stereocenters. The van der Waals surface area contributed by atoms with E-state index in [1.54, 1.807) is 30.3 Å². The van der Waals surface area contributed by atoms with Gasteiger partial charge in [-0.3, -0.25) is 9.78 Å². The summed E-state index contributed by atoms with van der Waals surface area (Å²) in [7, 11) is 0. The number of carbonyl (C=O) groups excluding carboxylic acids is 1. The summed E-state index contributed by atoms with van der Waals surface area (Å²) in [6.45, 7) is 1.43. The highest BCUT2D eigenvalue weighted by atomic mass is 19.1. The monoisotopic (exact) mass is 313 g/mol. The minimum atomic E-state index is -0.704. The second-order valence-electron chi connectivity index (χ2n) is 5.03. The van der Waals surface area contributed by atoms with Crippen LogP contribution < -0.4 is 10.6 Å². The van der Waals surface area contributed by atoms with Gasteiger partial charge in [-0.15, -0.1) is 0 Å². The highest BCUT2D eigenvalue weighted by Gasteiger charge is 2.09. The van der Waals surface area contributed by atoms with Crippen molar-refractivity contribution in [1.82, 2.24) is 4.98 Å². The van der Waals surface area contributed by atoms with Gasteiger partial charge in [0.05, 0.1) is 0 Å². The number of hydrogen-bond donors (Lipinski definition) is 2. The largest absolute Gasteiger partial charge is 0.355 e. The Balaban J connectivity index is 1.94. The first kappa shape index (κ1) is 14.9. The first-order valence-corrected chi connectivity index (χ1v) is 6.91. The molecule has 0 aliphatic carbocycles. The van der Waals surface area contributed by atoms with Crippen molar-refractivity contribution in [2.75, 3.05) is 10.6 Å². The molecule has 4 nitrogen and oxygen atoms in total. The number of carbonyl (C=O) groups is 1. The molecule has 0 spiro atoms. The van der Waals surface area contributed by atoms with Gasteiger partial charge in [0.25, 0.3) is 0 Å². The lowest BCUT2D eigenvalue weighted by Crippen LogP contribution is -2.05. The van der Waals surface area contributed by atoms with E-state index in [1.807, 2.05) is 0 Å². The topological polar surface area (TPSA) is 54.0 Å². The molecule has 0 aliphatic heterocycles. The molecule has 0 bridgehead atoms. The molecule has 0 radical (unpaired) electrons. The highest BCUT2D eigenvalue weighted by molar-refractivity contribution is 5.93. The van der Waals surface area contributed by atoms with Crippen LogP contribution >= 0.6 is 0 Å². The van der Waals surface area contributed by atoms with Gasteiger partial charge in [-0.2, -0.15) is 0 Å². The molecule has 2 N–H and O–H groups in total. The minimum Gasteiger partial charge on any atom is -0.355 e. The molecule has 23 heavy (non-hydrogen) atoms. The van der Waals surface area contributed by atoms with Gasteiger partial charge in [0.2, 0.25) is 5.91 Å². The molecule has 6 heteroatoms. The molecule has 0 saturated carbocycles. The Morgan fingerprint density at radius 1 is 1.04 bits per heavy atom. The van der Waals surface area contributed by atoms with Crippen molar-refractivity contribution in [2.24, 2.45) is 0 Å². The summed E-state index contributed by atoms with van der Waals surface area (Å²) in [5.41, 5.74) is 2.03. The quantitative estimate of drug-likeness (QED) is 0.761. The van der Waals surface area contributed by atoms with E-state index in [1.165, 1.54) is 19.2 Å². The second kappa shape index (κ2) is 6.00. The fourth-order valence-corrected chi connectivity index (χ4v) is 2.28. The highest BCUT2D eigenvalue weighted by Crippen LogP contribution is 2.28. The number of rotatable bonds is 3. The predicted molar refractivity (Wildman–Crippen MR) is 85.7 cm³/mol. The van der Waals surface area contributed by atoms with Gasteiger partial charge in [0.1, 0.15) is 11.3 Å². The normalized spacial score (nSPS) is 10.6. The summed E-state index contributed by atoms with van der Waals surface area (Å²) >= 11 is 0. The van der Waals surface area contributed by atoms with E-state index in [0.29, 0.717) is 16.8 Å². The van der Waals surface area contributed by atoms with Gasteiger partial charge in [0.15, 0.2) is 5.82 Å². The number of benzene rings is 2. The number of pyridine rings is 1. The Bertz CT molecular complexity index is 879. The number of hydrogen-bond acceptors (Lipinski definition) is 3.